The third-order valence-corrected chi connectivity index (χ3v) is 10.5. The molecule has 3 atom stereocenters. The number of benzene rings is 4. The highest BCUT2D eigenvalue weighted by Gasteiger charge is 2.67. The molecule has 1 aliphatic heterocycles. The molecule has 2 N–H and O–H groups in total. The summed E-state index contributed by atoms with van der Waals surface area (Å²) in [5.41, 5.74) is -0.985. The number of ketones is 1. The van der Waals surface area contributed by atoms with E-state index in [9.17, 15) is 29.4 Å². The van der Waals surface area contributed by atoms with Gasteiger partial charge in [0.05, 0.1) is 22.4 Å². The number of hydrogen-bond acceptors (Lipinski definition) is 9. The number of cyclic esters (lactones) is 1. The lowest BCUT2D eigenvalue weighted by atomic mass is 9.63. The van der Waals surface area contributed by atoms with Gasteiger partial charge >= 0.3 is 11.9 Å². The van der Waals surface area contributed by atoms with Crippen molar-refractivity contribution < 1.29 is 34.1 Å². The van der Waals surface area contributed by atoms with Gasteiger partial charge < -0.3 is 19.7 Å². The lowest BCUT2D eigenvalue weighted by molar-refractivity contribution is -0.150. The zero-order chi connectivity index (χ0) is 31.9. The second kappa shape index (κ2) is 8.90. The Labute approximate surface area is 267 Å². The molecule has 10 nitrogen and oxygen atoms in total. The molecule has 1 spiro atoms. The van der Waals surface area contributed by atoms with E-state index in [2.05, 4.69) is 22.6 Å². The summed E-state index contributed by atoms with van der Waals surface area (Å²) in [6, 6.07) is 9.80. The molecule has 224 valence electrons. The first-order valence-electron chi connectivity index (χ1n) is 14.1. The van der Waals surface area contributed by atoms with Gasteiger partial charge in [0.2, 0.25) is 5.88 Å². The van der Waals surface area contributed by atoms with Crippen molar-refractivity contribution in [1.82, 2.24) is 4.57 Å². The van der Waals surface area contributed by atoms with Gasteiger partial charge in [-0.1, -0.05) is 12.1 Å². The molecule has 0 unspecified atom stereocenters. The average Bonchev–Trinajstić information content (AvgIpc) is 3.18. The van der Waals surface area contributed by atoms with Crippen LogP contribution in [0.3, 0.4) is 0 Å². The predicted octanol–water partition coefficient (Wildman–Crippen LogP) is 4.26. The van der Waals surface area contributed by atoms with Crippen LogP contribution in [0.5, 0.6) is 11.6 Å². The lowest BCUT2D eigenvalue weighted by Crippen LogP contribution is -2.55. The van der Waals surface area contributed by atoms with Crippen molar-refractivity contribution in [1.29, 1.82) is 0 Å². The molecule has 0 amide bonds. The third-order valence-electron chi connectivity index (χ3n) is 9.54. The van der Waals surface area contributed by atoms with Crippen molar-refractivity contribution in [2.75, 3.05) is 6.61 Å². The first-order chi connectivity index (χ1) is 21.4. The summed E-state index contributed by atoms with van der Waals surface area (Å²) < 4.78 is 13.7. The summed E-state index contributed by atoms with van der Waals surface area (Å²) in [6.07, 6.45) is 0.179. The van der Waals surface area contributed by atoms with Crippen molar-refractivity contribution in [3.63, 3.8) is 0 Å². The molecule has 5 aromatic rings. The first-order valence-corrected chi connectivity index (χ1v) is 15.2. The highest BCUT2D eigenvalue weighted by molar-refractivity contribution is 14.1. The number of esters is 2. The molecular weight excluding hydrogens is 693 g/mol. The Kier molecular flexibility index (Phi) is 5.49. The fourth-order valence-corrected chi connectivity index (χ4v) is 8.65. The maximum Gasteiger partial charge on any atom is 0.342 e. The van der Waals surface area contributed by atoms with Crippen LogP contribution in [0.1, 0.15) is 61.4 Å². The van der Waals surface area contributed by atoms with Gasteiger partial charge in [-0.2, -0.15) is 0 Å². The maximum atomic E-state index is 15.0. The molecular formula is C34H22INO9. The molecule has 3 aliphatic rings. The van der Waals surface area contributed by atoms with Crippen molar-refractivity contribution in [2.24, 2.45) is 0 Å². The molecule has 2 aliphatic carbocycles. The molecule has 0 saturated carbocycles. The van der Waals surface area contributed by atoms with Gasteiger partial charge in [-0.05, 0) is 88.3 Å². The Morgan fingerprint density at radius 3 is 2.44 bits per heavy atom. The van der Waals surface area contributed by atoms with Gasteiger partial charge in [0.25, 0.3) is 0 Å². The maximum absolute atomic E-state index is 15.0. The number of aryl methyl sites for hydroxylation is 2. The van der Waals surface area contributed by atoms with Crippen LogP contribution < -0.4 is 10.9 Å². The predicted molar refractivity (Wildman–Crippen MR) is 170 cm³/mol. The molecule has 4 aromatic carbocycles. The molecule has 2 heterocycles. The number of aromatic nitrogens is 1. The SMILES string of the molecule is CC(=O)O[C@H]1[C@@H]2C(=O)c3c(C)cc(O)c4c3[C@@]1(COC4=O)c1c2c2c(C)cc(=O)c3c(O)n(-c4ccccc4I)cc(c1=O)c23. The van der Waals surface area contributed by atoms with Crippen molar-refractivity contribution >= 4 is 61.9 Å². The number of carbonyl (C=O) groups excluding carboxylic acids is 3. The monoisotopic (exact) mass is 715 g/mol. The van der Waals surface area contributed by atoms with Crippen molar-refractivity contribution in [3.8, 4) is 17.3 Å². The van der Waals surface area contributed by atoms with E-state index in [1.807, 2.05) is 12.1 Å². The fraction of sp³-hybridized carbons (Fsp3) is 0.206. The molecule has 0 saturated heterocycles. The van der Waals surface area contributed by atoms with Crippen LogP contribution in [0.2, 0.25) is 0 Å². The number of nitrogens with zero attached hydrogens (tertiary/aromatic N) is 1. The molecule has 2 bridgehead atoms. The van der Waals surface area contributed by atoms with Gasteiger partial charge in [-0.3, -0.25) is 23.7 Å². The van der Waals surface area contributed by atoms with E-state index >= 15 is 4.79 Å². The van der Waals surface area contributed by atoms with Gasteiger partial charge in [-0.15, -0.1) is 0 Å². The van der Waals surface area contributed by atoms with Crippen molar-refractivity contribution in [2.45, 2.75) is 38.2 Å². The Morgan fingerprint density at radius 1 is 1.00 bits per heavy atom. The Balaban J connectivity index is 1.64. The number of hydrogen-bond donors (Lipinski definition) is 2. The van der Waals surface area contributed by atoms with Crippen LogP contribution in [0, 0.1) is 17.4 Å². The number of carbonyl (C=O) groups is 3. The van der Waals surface area contributed by atoms with E-state index in [4.69, 9.17) is 9.47 Å². The quantitative estimate of drug-likeness (QED) is 0.202. The number of rotatable bonds is 2. The van der Waals surface area contributed by atoms with Crippen molar-refractivity contribution in [3.05, 3.63) is 106 Å². The summed E-state index contributed by atoms with van der Waals surface area (Å²) in [5, 5.41) is 23.2. The number of fused-ring (bicyclic) bond motifs is 4. The summed E-state index contributed by atoms with van der Waals surface area (Å²) in [4.78, 5) is 68.9. The van der Waals surface area contributed by atoms with Gasteiger partial charge in [0, 0.05) is 38.6 Å². The van der Waals surface area contributed by atoms with E-state index in [1.54, 1.807) is 26.0 Å². The standard InChI is InChI=1S/C34H22INO9/c1-12-8-18(38)23-22-15(10-36(32(23)42)17-7-5-4-6-16(17)35)29(40)28-25(20(12)22)26-30(41)21-13(2)9-19(39)24-27(21)34(28,11-44-33(24)43)31(26)45-14(3)37/h4-10,26,31,39,42H,11H2,1-3H3/t26-,31-,34-/m0/s1. The van der Waals surface area contributed by atoms with Crippen LogP contribution >= 0.6 is 22.6 Å². The van der Waals surface area contributed by atoms with Crippen LogP contribution in [0.15, 0.2) is 52.2 Å². The normalized spacial score (nSPS) is 21.2. The second-order valence-corrected chi connectivity index (χ2v) is 13.0. The molecule has 0 radical (unpaired) electrons. The molecule has 1 aromatic heterocycles. The summed E-state index contributed by atoms with van der Waals surface area (Å²) >= 11 is 2.09. The zero-order valence-corrected chi connectivity index (χ0v) is 26.1. The summed E-state index contributed by atoms with van der Waals surface area (Å²) in [5.74, 6) is -4.06. The number of halogens is 1. The minimum absolute atomic E-state index is 0.0878. The Bertz CT molecular complexity index is 2390. The highest BCUT2D eigenvalue weighted by atomic mass is 127. The number of Topliss-reactive ketones (excluding diaryl/α,β-unsaturated/α-hetero) is 1. The van der Waals surface area contributed by atoms with E-state index in [0.29, 0.717) is 22.2 Å². The fourth-order valence-electron chi connectivity index (χ4n) is 8.00. The summed E-state index contributed by atoms with van der Waals surface area (Å²) in [7, 11) is 0. The smallest absolute Gasteiger partial charge is 0.342 e. The van der Waals surface area contributed by atoms with Crippen LogP contribution in [-0.4, -0.2) is 45.2 Å². The number of phenols is 1. The van der Waals surface area contributed by atoms with Crippen LogP contribution in [0.25, 0.3) is 27.2 Å². The van der Waals surface area contributed by atoms with E-state index in [1.165, 1.54) is 29.8 Å². The number of aromatic hydroxyl groups is 2. The molecule has 11 heteroatoms. The average molecular weight is 715 g/mol. The first kappa shape index (κ1) is 27.7. The number of pyridine rings is 1. The van der Waals surface area contributed by atoms with Crippen LogP contribution in [-0.2, 0) is 19.7 Å². The Hall–Kier alpha value is -4.78. The minimum atomic E-state index is -1.63. The molecule has 0 fully saturated rings. The Morgan fingerprint density at radius 2 is 1.73 bits per heavy atom. The minimum Gasteiger partial charge on any atom is -0.507 e. The highest BCUT2D eigenvalue weighted by Crippen LogP contribution is 2.61. The largest absolute Gasteiger partial charge is 0.507 e. The van der Waals surface area contributed by atoms with Gasteiger partial charge in [0.15, 0.2) is 16.6 Å². The number of phenolic OH excluding ortho intramolecular Hbond substituents is 1. The second-order valence-electron chi connectivity index (χ2n) is 11.9. The van der Waals surface area contributed by atoms with Gasteiger partial charge in [-0.25, -0.2) is 4.79 Å². The van der Waals surface area contributed by atoms with Gasteiger partial charge in [0.1, 0.15) is 24.0 Å². The topological polar surface area (TPSA) is 149 Å². The van der Waals surface area contributed by atoms with E-state index in [-0.39, 0.29) is 49.9 Å². The summed E-state index contributed by atoms with van der Waals surface area (Å²) in [6.45, 7) is 4.07. The lowest BCUT2D eigenvalue weighted by Gasteiger charge is -2.44. The van der Waals surface area contributed by atoms with E-state index in [0.717, 1.165) is 3.57 Å². The molecule has 45 heavy (non-hydrogen) atoms. The number of ether oxygens (including phenoxy) is 2. The van der Waals surface area contributed by atoms with E-state index < -0.39 is 58.4 Å². The molecule has 8 rings (SSSR count). The number of para-hydroxylation sites is 1. The third kappa shape index (κ3) is 3.20. The van der Waals surface area contributed by atoms with Crippen LogP contribution in [0.4, 0.5) is 0 Å². The zero-order valence-electron chi connectivity index (χ0n) is 24.0.